The summed E-state index contributed by atoms with van der Waals surface area (Å²) in [5.74, 6) is -0.145. The normalized spacial score (nSPS) is 10.8. The van der Waals surface area contributed by atoms with E-state index < -0.39 is 0 Å². The molecule has 0 aliphatic rings. The summed E-state index contributed by atoms with van der Waals surface area (Å²) in [5, 5.41) is 1.87. The fourth-order valence-corrected chi connectivity index (χ4v) is 1.07. The second-order valence-corrected chi connectivity index (χ2v) is 3.31. The number of halogens is 1. The fraction of sp³-hybridized carbons (Fsp3) is 0.400. The van der Waals surface area contributed by atoms with Crippen LogP contribution < -0.4 is 5.43 Å². The van der Waals surface area contributed by atoms with Crippen molar-refractivity contribution in [3.8, 4) is 0 Å². The highest BCUT2D eigenvalue weighted by Crippen LogP contribution is 2.08. The van der Waals surface area contributed by atoms with Crippen LogP contribution in [0, 0.1) is 12.7 Å². The average molecular weight is 182 g/mol. The van der Waals surface area contributed by atoms with Gasteiger partial charge in [0.15, 0.2) is 0 Å². The third-order valence-electron chi connectivity index (χ3n) is 1.82. The summed E-state index contributed by atoms with van der Waals surface area (Å²) < 4.78 is 12.9. The van der Waals surface area contributed by atoms with Crippen molar-refractivity contribution < 1.29 is 4.39 Å². The van der Waals surface area contributed by atoms with Gasteiger partial charge in [0.05, 0.1) is 0 Å². The monoisotopic (exact) mass is 182 g/mol. The van der Waals surface area contributed by atoms with Gasteiger partial charge in [-0.05, 0) is 24.1 Å². The van der Waals surface area contributed by atoms with E-state index in [-0.39, 0.29) is 5.82 Å². The second kappa shape index (κ2) is 4.35. The van der Waals surface area contributed by atoms with Crippen LogP contribution >= 0.6 is 0 Å². The summed E-state index contributed by atoms with van der Waals surface area (Å²) in [6.07, 6.45) is 0. The van der Waals surface area contributed by atoms with Crippen LogP contribution in [0.5, 0.6) is 0 Å². The first-order chi connectivity index (χ1) is 6.09. The molecule has 0 bridgehead atoms. The number of nitrogens with zero attached hydrogens (tertiary/aromatic N) is 1. The molecule has 0 unspecified atom stereocenters. The highest BCUT2D eigenvalue weighted by Gasteiger charge is 1.98. The summed E-state index contributed by atoms with van der Waals surface area (Å²) in [7, 11) is 3.85. The number of rotatable bonds is 3. The molecule has 0 heterocycles. The average Bonchev–Trinajstić information content (AvgIpc) is 2.07. The third-order valence-corrected chi connectivity index (χ3v) is 1.82. The topological polar surface area (TPSA) is 15.3 Å². The Morgan fingerprint density at radius 3 is 2.62 bits per heavy atom. The Morgan fingerprint density at radius 1 is 1.38 bits per heavy atom. The SMILES string of the molecule is Cc1cc(CNN(C)C)ccc1F. The minimum atomic E-state index is -0.145. The van der Waals surface area contributed by atoms with Crippen molar-refractivity contribution in [1.29, 1.82) is 0 Å². The predicted molar refractivity (Wildman–Crippen MR) is 51.7 cm³/mol. The van der Waals surface area contributed by atoms with Crippen LogP contribution in [0.3, 0.4) is 0 Å². The molecule has 0 aliphatic carbocycles. The van der Waals surface area contributed by atoms with Crippen molar-refractivity contribution in [2.24, 2.45) is 0 Å². The highest BCUT2D eigenvalue weighted by molar-refractivity contribution is 5.23. The molecule has 0 saturated carbocycles. The van der Waals surface area contributed by atoms with Gasteiger partial charge in [-0.1, -0.05) is 12.1 Å². The lowest BCUT2D eigenvalue weighted by Crippen LogP contribution is -2.29. The zero-order valence-corrected chi connectivity index (χ0v) is 8.26. The smallest absolute Gasteiger partial charge is 0.126 e. The molecule has 1 N–H and O–H groups in total. The summed E-state index contributed by atoms with van der Waals surface area (Å²) in [4.78, 5) is 0. The molecule has 0 spiro atoms. The maximum Gasteiger partial charge on any atom is 0.126 e. The molecule has 72 valence electrons. The molecule has 0 saturated heterocycles. The molecular formula is C10H15FN2. The molecule has 2 nitrogen and oxygen atoms in total. The van der Waals surface area contributed by atoms with Gasteiger partial charge in [-0.2, -0.15) is 0 Å². The van der Waals surface area contributed by atoms with Gasteiger partial charge >= 0.3 is 0 Å². The number of hydrogen-bond acceptors (Lipinski definition) is 2. The minimum Gasteiger partial charge on any atom is -0.251 e. The first kappa shape index (κ1) is 10.2. The summed E-state index contributed by atoms with van der Waals surface area (Å²) in [6, 6.07) is 5.15. The van der Waals surface area contributed by atoms with E-state index in [1.54, 1.807) is 13.0 Å². The number of nitrogens with one attached hydrogen (secondary N) is 1. The number of hydrazine groups is 1. The van der Waals surface area contributed by atoms with Crippen LogP contribution in [0.15, 0.2) is 18.2 Å². The van der Waals surface area contributed by atoms with Gasteiger partial charge in [0.1, 0.15) is 5.82 Å². The third kappa shape index (κ3) is 3.13. The van der Waals surface area contributed by atoms with Crippen molar-refractivity contribution in [2.75, 3.05) is 14.1 Å². The Kier molecular flexibility index (Phi) is 3.39. The Morgan fingerprint density at radius 2 is 2.08 bits per heavy atom. The first-order valence-corrected chi connectivity index (χ1v) is 4.25. The quantitative estimate of drug-likeness (QED) is 0.716. The van der Waals surface area contributed by atoms with E-state index >= 15 is 0 Å². The van der Waals surface area contributed by atoms with Crippen molar-refractivity contribution in [3.05, 3.63) is 35.1 Å². The zero-order valence-electron chi connectivity index (χ0n) is 8.26. The Hall–Kier alpha value is -0.930. The van der Waals surface area contributed by atoms with Crippen molar-refractivity contribution >= 4 is 0 Å². The van der Waals surface area contributed by atoms with Crippen LogP contribution in [0.2, 0.25) is 0 Å². The second-order valence-electron chi connectivity index (χ2n) is 3.31. The molecule has 0 fully saturated rings. The molecule has 1 rings (SSSR count). The standard InChI is InChI=1S/C10H15FN2/c1-8-6-9(4-5-10(8)11)7-12-13(2)3/h4-6,12H,7H2,1-3H3. The molecule has 0 radical (unpaired) electrons. The van der Waals surface area contributed by atoms with E-state index in [9.17, 15) is 4.39 Å². The van der Waals surface area contributed by atoms with E-state index in [0.29, 0.717) is 5.56 Å². The van der Waals surface area contributed by atoms with Gasteiger partial charge in [-0.25, -0.2) is 4.39 Å². The van der Waals surface area contributed by atoms with E-state index in [2.05, 4.69) is 5.43 Å². The van der Waals surface area contributed by atoms with Crippen LogP contribution in [0.1, 0.15) is 11.1 Å². The largest absolute Gasteiger partial charge is 0.251 e. The van der Waals surface area contributed by atoms with Crippen LogP contribution in [-0.4, -0.2) is 19.1 Å². The fourth-order valence-electron chi connectivity index (χ4n) is 1.07. The van der Waals surface area contributed by atoms with Gasteiger partial charge in [0.2, 0.25) is 0 Å². The lowest BCUT2D eigenvalue weighted by atomic mass is 10.1. The summed E-state index contributed by atoms with van der Waals surface area (Å²) in [5.41, 5.74) is 4.90. The number of benzene rings is 1. The maximum absolute atomic E-state index is 12.9. The van der Waals surface area contributed by atoms with Crippen molar-refractivity contribution in [2.45, 2.75) is 13.5 Å². The van der Waals surface area contributed by atoms with E-state index in [4.69, 9.17) is 0 Å². The van der Waals surface area contributed by atoms with E-state index in [1.165, 1.54) is 6.07 Å². The number of aryl methyl sites for hydroxylation is 1. The minimum absolute atomic E-state index is 0.145. The summed E-state index contributed by atoms with van der Waals surface area (Å²) in [6.45, 7) is 2.50. The van der Waals surface area contributed by atoms with Crippen LogP contribution in [-0.2, 0) is 6.54 Å². The van der Waals surface area contributed by atoms with Gasteiger partial charge in [-0.15, -0.1) is 0 Å². The maximum atomic E-state index is 12.9. The molecule has 0 aliphatic heterocycles. The van der Waals surface area contributed by atoms with E-state index in [1.807, 2.05) is 25.2 Å². The van der Waals surface area contributed by atoms with Gasteiger partial charge in [0.25, 0.3) is 0 Å². The van der Waals surface area contributed by atoms with Gasteiger partial charge < -0.3 is 0 Å². The molecule has 3 heteroatoms. The lowest BCUT2D eigenvalue weighted by molar-refractivity contribution is 0.286. The Balaban J connectivity index is 2.63. The molecule has 0 atom stereocenters. The first-order valence-electron chi connectivity index (χ1n) is 4.25. The zero-order chi connectivity index (χ0) is 9.84. The lowest BCUT2D eigenvalue weighted by Gasteiger charge is -2.12. The van der Waals surface area contributed by atoms with E-state index in [0.717, 1.165) is 12.1 Å². The van der Waals surface area contributed by atoms with Crippen LogP contribution in [0.4, 0.5) is 4.39 Å². The molecule has 0 aromatic heterocycles. The molecule has 1 aromatic carbocycles. The predicted octanol–water partition coefficient (Wildman–Crippen LogP) is 1.70. The van der Waals surface area contributed by atoms with Crippen molar-refractivity contribution in [3.63, 3.8) is 0 Å². The number of hydrogen-bond donors (Lipinski definition) is 1. The van der Waals surface area contributed by atoms with Gasteiger partial charge in [0, 0.05) is 20.6 Å². The molecule has 13 heavy (non-hydrogen) atoms. The Bertz CT molecular complexity index is 284. The molecule has 0 amide bonds. The van der Waals surface area contributed by atoms with Gasteiger partial charge in [-0.3, -0.25) is 10.4 Å². The molecular weight excluding hydrogens is 167 g/mol. The summed E-state index contributed by atoms with van der Waals surface area (Å²) >= 11 is 0. The van der Waals surface area contributed by atoms with Crippen molar-refractivity contribution in [1.82, 2.24) is 10.4 Å². The Labute approximate surface area is 78.3 Å². The molecule has 1 aromatic rings. The highest BCUT2D eigenvalue weighted by atomic mass is 19.1. The van der Waals surface area contributed by atoms with Crippen LogP contribution in [0.25, 0.3) is 0 Å².